The number of para-hydroxylation sites is 1. The second kappa shape index (κ2) is 9.93. The summed E-state index contributed by atoms with van der Waals surface area (Å²) in [6.07, 6.45) is 4.47. The highest BCUT2D eigenvalue weighted by Crippen LogP contribution is 2.23. The summed E-state index contributed by atoms with van der Waals surface area (Å²) in [6.45, 7) is 2.32. The zero-order valence-corrected chi connectivity index (χ0v) is 16.2. The molecule has 2 aromatic rings. The molecule has 1 aliphatic carbocycles. The van der Waals surface area contributed by atoms with Gasteiger partial charge in [-0.1, -0.05) is 50.1 Å². The number of carbonyl (C=O) groups is 2. The van der Waals surface area contributed by atoms with Crippen LogP contribution < -0.4 is 10.1 Å². The number of rotatable bonds is 7. The molecular formula is C23H27NO4. The van der Waals surface area contributed by atoms with Gasteiger partial charge in [0.25, 0.3) is 5.91 Å². The van der Waals surface area contributed by atoms with Crippen LogP contribution >= 0.6 is 0 Å². The van der Waals surface area contributed by atoms with E-state index in [1.807, 2.05) is 42.5 Å². The van der Waals surface area contributed by atoms with E-state index < -0.39 is 5.97 Å². The summed E-state index contributed by atoms with van der Waals surface area (Å²) in [4.78, 5) is 24.2. The maximum absolute atomic E-state index is 12.2. The molecule has 1 saturated carbocycles. The Hall–Kier alpha value is -2.82. The summed E-state index contributed by atoms with van der Waals surface area (Å²) in [5.41, 5.74) is 1.37. The lowest BCUT2D eigenvalue weighted by Gasteiger charge is -2.29. The minimum absolute atomic E-state index is 0.184. The fraction of sp³-hybridized carbons (Fsp3) is 0.391. The summed E-state index contributed by atoms with van der Waals surface area (Å²) < 4.78 is 10.8. The predicted octanol–water partition coefficient (Wildman–Crippen LogP) is 4.12. The van der Waals surface area contributed by atoms with Crippen molar-refractivity contribution in [2.24, 2.45) is 5.92 Å². The van der Waals surface area contributed by atoms with Crippen molar-refractivity contribution >= 4 is 11.9 Å². The van der Waals surface area contributed by atoms with Crippen molar-refractivity contribution in [3.8, 4) is 5.75 Å². The molecule has 3 rings (SSSR count). The first-order valence-corrected chi connectivity index (χ1v) is 9.85. The minimum atomic E-state index is -0.498. The third kappa shape index (κ3) is 5.84. The molecule has 0 spiro atoms. The van der Waals surface area contributed by atoms with Crippen LogP contribution in [0.2, 0.25) is 0 Å². The lowest BCUT2D eigenvalue weighted by Crippen LogP contribution is -2.42. The highest BCUT2D eigenvalue weighted by Gasteiger charge is 2.23. The molecule has 0 saturated heterocycles. The molecule has 1 fully saturated rings. The van der Waals surface area contributed by atoms with E-state index in [0.29, 0.717) is 18.1 Å². The smallest absolute Gasteiger partial charge is 0.338 e. The van der Waals surface area contributed by atoms with Crippen LogP contribution in [0.5, 0.6) is 5.75 Å². The van der Waals surface area contributed by atoms with Crippen LogP contribution in [0.1, 0.15) is 48.5 Å². The second-order valence-corrected chi connectivity index (χ2v) is 7.31. The van der Waals surface area contributed by atoms with Crippen LogP contribution in [-0.4, -0.2) is 24.5 Å². The molecule has 2 atom stereocenters. The highest BCUT2D eigenvalue weighted by atomic mass is 16.5. The van der Waals surface area contributed by atoms with Gasteiger partial charge in [0.15, 0.2) is 6.61 Å². The van der Waals surface area contributed by atoms with Crippen molar-refractivity contribution < 1.29 is 19.1 Å². The Balaban J connectivity index is 1.43. The van der Waals surface area contributed by atoms with Crippen LogP contribution in [0.25, 0.3) is 0 Å². The molecule has 0 unspecified atom stereocenters. The second-order valence-electron chi connectivity index (χ2n) is 7.31. The Kier molecular flexibility index (Phi) is 7.06. The van der Waals surface area contributed by atoms with E-state index in [-0.39, 0.29) is 18.6 Å². The van der Waals surface area contributed by atoms with E-state index in [9.17, 15) is 9.59 Å². The number of hydrogen-bond acceptors (Lipinski definition) is 4. The van der Waals surface area contributed by atoms with E-state index in [0.717, 1.165) is 30.6 Å². The summed E-state index contributed by atoms with van der Waals surface area (Å²) >= 11 is 0. The lowest BCUT2D eigenvalue weighted by atomic mass is 9.86. The number of hydrogen-bond donors (Lipinski definition) is 1. The van der Waals surface area contributed by atoms with Crippen molar-refractivity contribution in [2.45, 2.75) is 45.3 Å². The first kappa shape index (κ1) is 19.9. The van der Waals surface area contributed by atoms with E-state index in [2.05, 4.69) is 12.2 Å². The Labute approximate surface area is 166 Å². The number of ether oxygens (including phenoxy) is 2. The third-order valence-electron chi connectivity index (χ3n) is 5.13. The standard InChI is InChI=1S/C23H27NO4/c1-17-7-5-6-10-21(17)24-22(25)16-28-23(26)19-13-11-18(12-14-19)15-27-20-8-3-2-4-9-20/h2-4,8-9,11-14,17,21H,5-7,10,15-16H2,1H3,(H,24,25)/t17-,21-/m0/s1. The van der Waals surface area contributed by atoms with Crippen molar-refractivity contribution in [3.63, 3.8) is 0 Å². The van der Waals surface area contributed by atoms with E-state index in [1.54, 1.807) is 12.1 Å². The Morgan fingerprint density at radius 1 is 1.00 bits per heavy atom. The maximum Gasteiger partial charge on any atom is 0.338 e. The Bertz CT molecular complexity index is 773. The number of benzene rings is 2. The summed E-state index contributed by atoms with van der Waals surface area (Å²) in [7, 11) is 0. The van der Waals surface area contributed by atoms with Crippen molar-refractivity contribution in [3.05, 3.63) is 65.7 Å². The molecule has 1 amide bonds. The van der Waals surface area contributed by atoms with Gasteiger partial charge in [-0.05, 0) is 48.6 Å². The molecule has 0 radical (unpaired) electrons. The fourth-order valence-corrected chi connectivity index (χ4v) is 3.41. The topological polar surface area (TPSA) is 64.6 Å². The Morgan fingerprint density at radius 2 is 1.71 bits per heavy atom. The predicted molar refractivity (Wildman–Crippen MR) is 107 cm³/mol. The van der Waals surface area contributed by atoms with Crippen LogP contribution in [0.3, 0.4) is 0 Å². The van der Waals surface area contributed by atoms with Gasteiger partial charge < -0.3 is 14.8 Å². The normalized spacial score (nSPS) is 18.9. The minimum Gasteiger partial charge on any atom is -0.489 e. The summed E-state index contributed by atoms with van der Waals surface area (Å²) in [6, 6.07) is 16.8. The van der Waals surface area contributed by atoms with Crippen molar-refractivity contribution in [2.75, 3.05) is 6.61 Å². The van der Waals surface area contributed by atoms with Crippen molar-refractivity contribution in [1.82, 2.24) is 5.32 Å². The van der Waals surface area contributed by atoms with Gasteiger partial charge in [-0.15, -0.1) is 0 Å². The first-order valence-electron chi connectivity index (χ1n) is 9.85. The van der Waals surface area contributed by atoms with Crippen LogP contribution in [0.15, 0.2) is 54.6 Å². The van der Waals surface area contributed by atoms with E-state index in [4.69, 9.17) is 9.47 Å². The molecule has 0 heterocycles. The first-order chi connectivity index (χ1) is 13.6. The fourth-order valence-electron chi connectivity index (χ4n) is 3.41. The van der Waals surface area contributed by atoms with Gasteiger partial charge in [-0.3, -0.25) is 4.79 Å². The molecule has 0 aliphatic heterocycles. The number of esters is 1. The van der Waals surface area contributed by atoms with Gasteiger partial charge >= 0.3 is 5.97 Å². The molecule has 28 heavy (non-hydrogen) atoms. The van der Waals surface area contributed by atoms with Gasteiger partial charge in [0, 0.05) is 6.04 Å². The molecular weight excluding hydrogens is 354 g/mol. The number of carbonyl (C=O) groups excluding carboxylic acids is 2. The quantitative estimate of drug-likeness (QED) is 0.733. The van der Waals surface area contributed by atoms with Crippen LogP contribution in [0.4, 0.5) is 0 Å². The zero-order valence-electron chi connectivity index (χ0n) is 16.2. The molecule has 5 nitrogen and oxygen atoms in total. The Morgan fingerprint density at radius 3 is 2.43 bits per heavy atom. The lowest BCUT2D eigenvalue weighted by molar-refractivity contribution is -0.125. The molecule has 1 N–H and O–H groups in total. The molecule has 1 aliphatic rings. The largest absolute Gasteiger partial charge is 0.489 e. The molecule has 0 aromatic heterocycles. The summed E-state index contributed by atoms with van der Waals surface area (Å²) in [5, 5.41) is 2.98. The average molecular weight is 381 g/mol. The number of amides is 1. The van der Waals surface area contributed by atoms with E-state index >= 15 is 0 Å². The van der Waals surface area contributed by atoms with Crippen molar-refractivity contribution in [1.29, 1.82) is 0 Å². The molecule has 2 aromatic carbocycles. The third-order valence-corrected chi connectivity index (χ3v) is 5.13. The van der Waals surface area contributed by atoms with Crippen LogP contribution in [0, 0.1) is 5.92 Å². The van der Waals surface area contributed by atoms with Gasteiger partial charge in [-0.25, -0.2) is 4.79 Å². The SMILES string of the molecule is C[C@H]1CCCC[C@@H]1NC(=O)COC(=O)c1ccc(COc2ccccc2)cc1. The van der Waals surface area contributed by atoms with Crippen LogP contribution in [-0.2, 0) is 16.1 Å². The van der Waals surface area contributed by atoms with Gasteiger partial charge in [0.05, 0.1) is 5.56 Å². The zero-order chi connectivity index (χ0) is 19.8. The maximum atomic E-state index is 12.2. The number of nitrogens with one attached hydrogen (secondary N) is 1. The average Bonchev–Trinajstić information content (AvgIpc) is 2.73. The van der Waals surface area contributed by atoms with Gasteiger partial charge in [0.1, 0.15) is 12.4 Å². The molecule has 148 valence electrons. The van der Waals surface area contributed by atoms with E-state index in [1.165, 1.54) is 6.42 Å². The highest BCUT2D eigenvalue weighted by molar-refractivity contribution is 5.91. The monoisotopic (exact) mass is 381 g/mol. The van der Waals surface area contributed by atoms with Gasteiger partial charge in [0.2, 0.25) is 0 Å². The molecule has 5 heteroatoms. The van der Waals surface area contributed by atoms with Gasteiger partial charge in [-0.2, -0.15) is 0 Å². The molecule has 0 bridgehead atoms. The summed E-state index contributed by atoms with van der Waals surface area (Å²) in [5.74, 6) is 0.533.